The van der Waals surface area contributed by atoms with E-state index in [9.17, 15) is 9.90 Å². The normalized spacial score (nSPS) is 17.9. The summed E-state index contributed by atoms with van der Waals surface area (Å²) in [6.45, 7) is 0.543. The first-order chi connectivity index (χ1) is 8.68. The maximum atomic E-state index is 11.8. The molecule has 18 heavy (non-hydrogen) atoms. The first kappa shape index (κ1) is 13.1. The first-order valence-electron chi connectivity index (χ1n) is 6.75. The highest BCUT2D eigenvalue weighted by atomic mass is 16.3. The summed E-state index contributed by atoms with van der Waals surface area (Å²) in [5.74, 6) is 0.365. The first-order valence-corrected chi connectivity index (χ1v) is 6.75. The number of nitrogens with zero attached hydrogens (tertiary/aromatic N) is 1. The van der Waals surface area contributed by atoms with Crippen LogP contribution >= 0.6 is 0 Å². The Labute approximate surface area is 108 Å². The molecule has 0 aliphatic heterocycles. The molecular formula is C14H22N2O2. The SMILES string of the molecule is Cn1cccc1C(O)CCNC(=O)C1CCCC1. The van der Waals surface area contributed by atoms with Crippen molar-refractivity contribution < 1.29 is 9.90 Å². The summed E-state index contributed by atoms with van der Waals surface area (Å²) in [4.78, 5) is 11.8. The fourth-order valence-corrected chi connectivity index (χ4v) is 2.63. The Kier molecular flexibility index (Phi) is 4.42. The lowest BCUT2D eigenvalue weighted by Crippen LogP contribution is -2.30. The molecule has 1 saturated carbocycles. The molecule has 1 aliphatic carbocycles. The second kappa shape index (κ2) is 6.05. The second-order valence-corrected chi connectivity index (χ2v) is 5.12. The minimum atomic E-state index is -0.506. The lowest BCUT2D eigenvalue weighted by atomic mass is 10.1. The van der Waals surface area contributed by atoms with Crippen LogP contribution in [0.2, 0.25) is 0 Å². The van der Waals surface area contributed by atoms with Crippen molar-refractivity contribution in [1.29, 1.82) is 0 Å². The zero-order chi connectivity index (χ0) is 13.0. The number of hydrogen-bond donors (Lipinski definition) is 2. The molecule has 1 atom stereocenters. The molecule has 1 fully saturated rings. The van der Waals surface area contributed by atoms with E-state index >= 15 is 0 Å². The monoisotopic (exact) mass is 250 g/mol. The number of carbonyl (C=O) groups is 1. The van der Waals surface area contributed by atoms with E-state index in [2.05, 4.69) is 5.32 Å². The van der Waals surface area contributed by atoms with Crippen LogP contribution in [0.25, 0.3) is 0 Å². The fourth-order valence-electron chi connectivity index (χ4n) is 2.63. The highest BCUT2D eigenvalue weighted by Gasteiger charge is 2.22. The van der Waals surface area contributed by atoms with Crippen LogP contribution in [0.3, 0.4) is 0 Å². The van der Waals surface area contributed by atoms with Crippen LogP contribution in [0.5, 0.6) is 0 Å². The van der Waals surface area contributed by atoms with Gasteiger partial charge < -0.3 is 15.0 Å². The van der Waals surface area contributed by atoms with Crippen molar-refractivity contribution in [2.75, 3.05) is 6.54 Å². The van der Waals surface area contributed by atoms with Crippen LogP contribution in [-0.4, -0.2) is 22.1 Å². The minimum absolute atomic E-state index is 0.159. The lowest BCUT2D eigenvalue weighted by Gasteiger charge is -2.14. The molecule has 0 aromatic carbocycles. The van der Waals surface area contributed by atoms with Gasteiger partial charge in [-0.3, -0.25) is 4.79 Å². The highest BCUT2D eigenvalue weighted by molar-refractivity contribution is 5.78. The summed E-state index contributed by atoms with van der Waals surface area (Å²) in [5.41, 5.74) is 0.894. The molecule has 0 saturated heterocycles. The molecule has 2 N–H and O–H groups in total. The van der Waals surface area contributed by atoms with Crippen molar-refractivity contribution in [1.82, 2.24) is 9.88 Å². The zero-order valence-electron chi connectivity index (χ0n) is 10.9. The summed E-state index contributed by atoms with van der Waals surface area (Å²) in [7, 11) is 1.91. The topological polar surface area (TPSA) is 54.3 Å². The molecule has 1 aliphatic rings. The smallest absolute Gasteiger partial charge is 0.223 e. The van der Waals surface area contributed by atoms with Crippen LogP contribution in [0.1, 0.15) is 43.9 Å². The average Bonchev–Trinajstić information content (AvgIpc) is 2.99. The van der Waals surface area contributed by atoms with Crippen LogP contribution in [0.15, 0.2) is 18.3 Å². The molecular weight excluding hydrogens is 228 g/mol. The summed E-state index contributed by atoms with van der Waals surface area (Å²) in [6, 6.07) is 3.82. The van der Waals surface area contributed by atoms with Gasteiger partial charge in [-0.25, -0.2) is 0 Å². The molecule has 2 rings (SSSR count). The van der Waals surface area contributed by atoms with Crippen molar-refractivity contribution in [2.45, 2.75) is 38.2 Å². The molecule has 4 nitrogen and oxygen atoms in total. The van der Waals surface area contributed by atoms with Gasteiger partial charge in [0.25, 0.3) is 0 Å². The molecule has 0 bridgehead atoms. The van der Waals surface area contributed by atoms with Gasteiger partial charge in [-0.2, -0.15) is 0 Å². The maximum Gasteiger partial charge on any atom is 0.223 e. The van der Waals surface area contributed by atoms with Crippen LogP contribution < -0.4 is 5.32 Å². The van der Waals surface area contributed by atoms with Gasteiger partial charge in [0.1, 0.15) is 0 Å². The Balaban J connectivity index is 1.72. The van der Waals surface area contributed by atoms with Gasteiger partial charge in [0.15, 0.2) is 0 Å². The van der Waals surface area contributed by atoms with Gasteiger partial charge in [0.05, 0.1) is 6.10 Å². The number of aromatic nitrogens is 1. The fraction of sp³-hybridized carbons (Fsp3) is 0.643. The average molecular weight is 250 g/mol. The number of rotatable bonds is 5. The molecule has 100 valence electrons. The molecule has 1 amide bonds. The number of hydrogen-bond acceptors (Lipinski definition) is 2. The summed E-state index contributed by atoms with van der Waals surface area (Å²) < 4.78 is 1.91. The molecule has 1 heterocycles. The number of aliphatic hydroxyl groups excluding tert-OH is 1. The van der Waals surface area contributed by atoms with E-state index in [1.807, 2.05) is 29.9 Å². The second-order valence-electron chi connectivity index (χ2n) is 5.12. The van der Waals surface area contributed by atoms with Gasteiger partial charge in [0.2, 0.25) is 5.91 Å². The molecule has 1 aromatic rings. The zero-order valence-corrected chi connectivity index (χ0v) is 10.9. The van der Waals surface area contributed by atoms with Crippen molar-refractivity contribution in [3.05, 3.63) is 24.0 Å². The Morgan fingerprint density at radius 1 is 1.56 bits per heavy atom. The molecule has 4 heteroatoms. The Morgan fingerprint density at radius 2 is 2.28 bits per heavy atom. The third-order valence-electron chi connectivity index (χ3n) is 3.77. The highest BCUT2D eigenvalue weighted by Crippen LogP contribution is 2.24. The molecule has 0 spiro atoms. The van der Waals surface area contributed by atoms with Gasteiger partial charge in [-0.15, -0.1) is 0 Å². The Morgan fingerprint density at radius 3 is 2.89 bits per heavy atom. The number of nitrogens with one attached hydrogen (secondary N) is 1. The number of amides is 1. The number of aryl methyl sites for hydroxylation is 1. The predicted molar refractivity (Wildman–Crippen MR) is 70.0 cm³/mol. The molecule has 1 aromatic heterocycles. The third kappa shape index (κ3) is 3.13. The van der Waals surface area contributed by atoms with E-state index in [0.29, 0.717) is 13.0 Å². The largest absolute Gasteiger partial charge is 0.387 e. The molecule has 0 radical (unpaired) electrons. The van der Waals surface area contributed by atoms with E-state index in [-0.39, 0.29) is 11.8 Å². The van der Waals surface area contributed by atoms with Crippen molar-refractivity contribution in [3.8, 4) is 0 Å². The number of aliphatic hydroxyl groups is 1. The van der Waals surface area contributed by atoms with Crippen molar-refractivity contribution >= 4 is 5.91 Å². The molecule has 1 unspecified atom stereocenters. The van der Waals surface area contributed by atoms with Gasteiger partial charge in [-0.05, 0) is 31.4 Å². The van der Waals surface area contributed by atoms with Gasteiger partial charge >= 0.3 is 0 Å². The van der Waals surface area contributed by atoms with E-state index in [0.717, 1.165) is 18.5 Å². The lowest BCUT2D eigenvalue weighted by molar-refractivity contribution is -0.124. The van der Waals surface area contributed by atoms with E-state index in [1.165, 1.54) is 12.8 Å². The van der Waals surface area contributed by atoms with Crippen LogP contribution in [0.4, 0.5) is 0 Å². The van der Waals surface area contributed by atoms with E-state index < -0.39 is 6.10 Å². The predicted octanol–water partition coefficient (Wildman–Crippen LogP) is 1.75. The van der Waals surface area contributed by atoms with Crippen LogP contribution in [0, 0.1) is 5.92 Å². The van der Waals surface area contributed by atoms with Crippen molar-refractivity contribution in [3.63, 3.8) is 0 Å². The summed E-state index contributed by atoms with van der Waals surface area (Å²) in [5, 5.41) is 12.9. The summed E-state index contributed by atoms with van der Waals surface area (Å²) in [6.07, 6.45) is 6.35. The Hall–Kier alpha value is -1.29. The summed E-state index contributed by atoms with van der Waals surface area (Å²) >= 11 is 0. The third-order valence-corrected chi connectivity index (χ3v) is 3.77. The number of carbonyl (C=O) groups excluding carboxylic acids is 1. The van der Waals surface area contributed by atoms with Crippen molar-refractivity contribution in [2.24, 2.45) is 13.0 Å². The van der Waals surface area contributed by atoms with Gasteiger partial charge in [-0.1, -0.05) is 12.8 Å². The quantitative estimate of drug-likeness (QED) is 0.836. The Bertz CT molecular complexity index is 394. The van der Waals surface area contributed by atoms with Crippen LogP contribution in [-0.2, 0) is 11.8 Å². The maximum absolute atomic E-state index is 11.8. The van der Waals surface area contributed by atoms with E-state index in [4.69, 9.17) is 0 Å². The standard InChI is InChI=1S/C14H22N2O2/c1-16-10-4-7-12(16)13(17)8-9-15-14(18)11-5-2-3-6-11/h4,7,10-11,13,17H,2-3,5-6,8-9H2,1H3,(H,15,18). The van der Waals surface area contributed by atoms with E-state index in [1.54, 1.807) is 0 Å². The van der Waals surface area contributed by atoms with Gasteiger partial charge in [0, 0.05) is 31.4 Å². The minimum Gasteiger partial charge on any atom is -0.387 e.